The zero-order chi connectivity index (χ0) is 10.5. The fourth-order valence-electron chi connectivity index (χ4n) is 0.957. The fourth-order valence-corrected chi connectivity index (χ4v) is 0.957. The van der Waals surface area contributed by atoms with Crippen LogP contribution in [0.4, 0.5) is 0 Å². The Hall–Kier alpha value is -0.820. The van der Waals surface area contributed by atoms with Gasteiger partial charge in [-0.15, -0.1) is 13.2 Å². The Morgan fingerprint density at radius 3 is 2.15 bits per heavy atom. The maximum atomic E-state index is 9.83. The van der Waals surface area contributed by atoms with Gasteiger partial charge in [-0.25, -0.2) is 0 Å². The van der Waals surface area contributed by atoms with Gasteiger partial charge in [0.05, 0.1) is 6.10 Å². The summed E-state index contributed by atoms with van der Waals surface area (Å²) in [4.78, 5) is 0. The highest BCUT2D eigenvalue weighted by Gasteiger charge is 2.24. The molecule has 1 heteroatoms. The van der Waals surface area contributed by atoms with E-state index in [1.807, 2.05) is 26.8 Å². The second-order valence-corrected chi connectivity index (χ2v) is 3.81. The molecular weight excluding hydrogens is 160 g/mol. The summed E-state index contributed by atoms with van der Waals surface area (Å²) >= 11 is 0. The van der Waals surface area contributed by atoms with Crippen LogP contribution in [-0.2, 0) is 0 Å². The molecule has 0 aliphatic carbocycles. The molecule has 1 unspecified atom stereocenters. The smallest absolute Gasteiger partial charge is 0.0697 e. The zero-order valence-electron chi connectivity index (χ0n) is 8.88. The molecular formula is C12H20O. The summed E-state index contributed by atoms with van der Waals surface area (Å²) in [5.41, 5.74) is 0.834. The Labute approximate surface area is 81.5 Å². The molecule has 0 aliphatic rings. The lowest BCUT2D eigenvalue weighted by atomic mass is 9.83. The van der Waals surface area contributed by atoms with E-state index in [1.54, 1.807) is 12.2 Å². The van der Waals surface area contributed by atoms with Gasteiger partial charge in [0.1, 0.15) is 0 Å². The number of aliphatic hydroxyl groups is 1. The molecule has 0 aromatic carbocycles. The van der Waals surface area contributed by atoms with Gasteiger partial charge in [-0.2, -0.15) is 0 Å². The topological polar surface area (TPSA) is 20.2 Å². The Balaban J connectivity index is 4.39. The van der Waals surface area contributed by atoms with Crippen molar-refractivity contribution in [3.8, 4) is 0 Å². The van der Waals surface area contributed by atoms with Gasteiger partial charge in [-0.05, 0) is 20.3 Å². The van der Waals surface area contributed by atoms with Crippen molar-refractivity contribution in [3.05, 3.63) is 37.0 Å². The van der Waals surface area contributed by atoms with Crippen LogP contribution in [-0.4, -0.2) is 11.2 Å². The largest absolute Gasteiger partial charge is 0.392 e. The van der Waals surface area contributed by atoms with Crippen molar-refractivity contribution in [2.24, 2.45) is 5.41 Å². The number of rotatable bonds is 5. The molecule has 13 heavy (non-hydrogen) atoms. The van der Waals surface area contributed by atoms with Crippen molar-refractivity contribution >= 4 is 0 Å². The Morgan fingerprint density at radius 2 is 1.85 bits per heavy atom. The van der Waals surface area contributed by atoms with E-state index in [1.165, 1.54) is 5.57 Å². The summed E-state index contributed by atoms with van der Waals surface area (Å²) in [6.45, 7) is 13.4. The van der Waals surface area contributed by atoms with Gasteiger partial charge in [-0.1, -0.05) is 30.7 Å². The first-order chi connectivity index (χ1) is 5.96. The number of hydrogen-bond acceptors (Lipinski definition) is 1. The number of allylic oxidation sites excluding steroid dienone is 1. The fraction of sp³-hybridized carbons (Fsp3) is 0.500. The Morgan fingerprint density at radius 1 is 1.38 bits per heavy atom. The van der Waals surface area contributed by atoms with E-state index >= 15 is 0 Å². The van der Waals surface area contributed by atoms with Crippen molar-refractivity contribution in [1.29, 1.82) is 0 Å². The van der Waals surface area contributed by atoms with E-state index in [2.05, 4.69) is 13.2 Å². The van der Waals surface area contributed by atoms with Crippen molar-refractivity contribution < 1.29 is 5.11 Å². The van der Waals surface area contributed by atoms with Crippen LogP contribution in [0.25, 0.3) is 0 Å². The highest BCUT2D eigenvalue weighted by molar-refractivity contribution is 5.10. The maximum Gasteiger partial charge on any atom is 0.0697 e. The van der Waals surface area contributed by atoms with Crippen LogP contribution in [0.2, 0.25) is 0 Å². The van der Waals surface area contributed by atoms with Gasteiger partial charge in [0.15, 0.2) is 0 Å². The molecule has 1 atom stereocenters. The third-order valence-corrected chi connectivity index (χ3v) is 2.35. The lowest BCUT2D eigenvalue weighted by Gasteiger charge is -2.27. The van der Waals surface area contributed by atoms with Gasteiger partial charge in [0.25, 0.3) is 0 Å². The first-order valence-corrected chi connectivity index (χ1v) is 4.55. The van der Waals surface area contributed by atoms with Crippen LogP contribution < -0.4 is 0 Å². The van der Waals surface area contributed by atoms with E-state index < -0.39 is 6.10 Å². The third-order valence-electron chi connectivity index (χ3n) is 2.35. The van der Waals surface area contributed by atoms with Gasteiger partial charge < -0.3 is 5.11 Å². The Bertz CT molecular complexity index is 201. The summed E-state index contributed by atoms with van der Waals surface area (Å²) < 4.78 is 0. The zero-order valence-corrected chi connectivity index (χ0v) is 8.88. The number of hydrogen-bond donors (Lipinski definition) is 1. The molecule has 0 saturated heterocycles. The molecule has 0 heterocycles. The van der Waals surface area contributed by atoms with E-state index in [9.17, 15) is 5.11 Å². The molecule has 1 N–H and O–H groups in total. The molecule has 0 saturated carbocycles. The van der Waals surface area contributed by atoms with E-state index in [4.69, 9.17) is 0 Å². The average Bonchev–Trinajstić information content (AvgIpc) is 2.12. The monoisotopic (exact) mass is 180 g/mol. The minimum Gasteiger partial charge on any atom is -0.392 e. The SMILES string of the molecule is C=CC(C)(C=C)C(O)CC=C(C)C. The molecule has 0 aromatic heterocycles. The van der Waals surface area contributed by atoms with Crippen LogP contribution in [0.5, 0.6) is 0 Å². The highest BCUT2D eigenvalue weighted by Crippen LogP contribution is 2.26. The van der Waals surface area contributed by atoms with E-state index in [0.29, 0.717) is 6.42 Å². The standard InChI is InChI=1S/C12H20O/c1-6-12(5,7-2)11(13)9-8-10(3)4/h6-8,11,13H,1-2,9H2,3-5H3. The molecule has 1 nitrogen and oxygen atoms in total. The molecule has 0 aliphatic heterocycles. The van der Waals surface area contributed by atoms with Crippen molar-refractivity contribution in [3.63, 3.8) is 0 Å². The van der Waals surface area contributed by atoms with Gasteiger partial charge in [-0.3, -0.25) is 0 Å². The molecule has 0 bridgehead atoms. The molecule has 0 spiro atoms. The molecule has 0 amide bonds. The summed E-state index contributed by atoms with van der Waals surface area (Å²) in [6, 6.07) is 0. The van der Waals surface area contributed by atoms with E-state index in [0.717, 1.165) is 0 Å². The highest BCUT2D eigenvalue weighted by atomic mass is 16.3. The molecule has 0 fully saturated rings. The maximum absolute atomic E-state index is 9.83. The van der Waals surface area contributed by atoms with Crippen LogP contribution in [0.15, 0.2) is 37.0 Å². The summed E-state index contributed by atoms with van der Waals surface area (Å²) in [6.07, 6.45) is 5.72. The third kappa shape index (κ3) is 3.60. The van der Waals surface area contributed by atoms with Crippen LogP contribution in [0.1, 0.15) is 27.2 Å². The quantitative estimate of drug-likeness (QED) is 0.645. The second kappa shape index (κ2) is 5.03. The van der Waals surface area contributed by atoms with Crippen LogP contribution in [0, 0.1) is 5.41 Å². The average molecular weight is 180 g/mol. The summed E-state index contributed by atoms with van der Waals surface area (Å²) in [7, 11) is 0. The van der Waals surface area contributed by atoms with Crippen molar-refractivity contribution in [2.45, 2.75) is 33.3 Å². The van der Waals surface area contributed by atoms with Crippen LogP contribution >= 0.6 is 0 Å². The van der Waals surface area contributed by atoms with Gasteiger partial charge in [0.2, 0.25) is 0 Å². The predicted molar refractivity (Wildman–Crippen MR) is 58.6 cm³/mol. The summed E-state index contributed by atoms with van der Waals surface area (Å²) in [5, 5.41) is 9.83. The first-order valence-electron chi connectivity index (χ1n) is 4.55. The lowest BCUT2D eigenvalue weighted by Crippen LogP contribution is -2.27. The molecule has 0 aromatic rings. The van der Waals surface area contributed by atoms with Gasteiger partial charge in [0, 0.05) is 5.41 Å². The molecule has 0 rings (SSSR count). The first kappa shape index (κ1) is 12.2. The summed E-state index contributed by atoms with van der Waals surface area (Å²) in [5.74, 6) is 0. The van der Waals surface area contributed by atoms with Crippen LogP contribution in [0.3, 0.4) is 0 Å². The van der Waals surface area contributed by atoms with Crippen molar-refractivity contribution in [1.82, 2.24) is 0 Å². The van der Waals surface area contributed by atoms with Crippen molar-refractivity contribution in [2.75, 3.05) is 0 Å². The second-order valence-electron chi connectivity index (χ2n) is 3.81. The predicted octanol–water partition coefficient (Wildman–Crippen LogP) is 3.08. The van der Waals surface area contributed by atoms with Gasteiger partial charge >= 0.3 is 0 Å². The molecule has 74 valence electrons. The molecule has 0 radical (unpaired) electrons. The minimum atomic E-state index is -0.433. The van der Waals surface area contributed by atoms with E-state index in [-0.39, 0.29) is 5.41 Å². The minimum absolute atomic E-state index is 0.383. The normalized spacial score (nSPS) is 13.2. The number of aliphatic hydroxyl groups excluding tert-OH is 1. The lowest BCUT2D eigenvalue weighted by molar-refractivity contribution is 0.102. The Kier molecular flexibility index (Phi) is 4.71.